The Hall–Kier alpha value is 0.610. The van der Waals surface area contributed by atoms with Gasteiger partial charge >= 0.3 is 0 Å². The lowest BCUT2D eigenvalue weighted by Gasteiger charge is -2.27. The predicted molar refractivity (Wildman–Crippen MR) is 45.5 cm³/mol. The van der Waals surface area contributed by atoms with Gasteiger partial charge in [-0.25, -0.2) is 0 Å². The number of rotatable bonds is 2. The predicted octanol–water partition coefficient (Wildman–Crippen LogP) is 0.198. The quantitative estimate of drug-likeness (QED) is 0.568. The van der Waals surface area contributed by atoms with Crippen molar-refractivity contribution in [3.63, 3.8) is 0 Å². The van der Waals surface area contributed by atoms with E-state index in [1.54, 1.807) is 0 Å². The molecule has 1 aliphatic rings. The molecule has 0 unspecified atom stereocenters. The molecular weight excluding hydrogens is 247 g/mol. The van der Waals surface area contributed by atoms with E-state index in [9.17, 15) is 0 Å². The molecule has 10 heavy (non-hydrogen) atoms. The van der Waals surface area contributed by atoms with Gasteiger partial charge in [-0.2, -0.15) is 0 Å². The minimum absolute atomic E-state index is 0.0626. The summed E-state index contributed by atoms with van der Waals surface area (Å²) in [6.45, 7) is 1.26. The second-order valence-corrected chi connectivity index (χ2v) is 3.14. The highest BCUT2D eigenvalue weighted by Crippen LogP contribution is 2.09. The van der Waals surface area contributed by atoms with Crippen LogP contribution >= 0.6 is 22.6 Å². The lowest BCUT2D eigenvalue weighted by atomic mass is 10.3. The molecule has 0 aromatic heterocycles. The molecule has 1 saturated heterocycles. The third-order valence-corrected chi connectivity index (χ3v) is 2.35. The molecule has 1 N–H and O–H groups in total. The molecule has 1 aliphatic heterocycles. The summed E-state index contributed by atoms with van der Waals surface area (Å²) in [7, 11) is 0. The van der Waals surface area contributed by atoms with E-state index in [2.05, 4.69) is 22.6 Å². The van der Waals surface area contributed by atoms with Gasteiger partial charge in [-0.15, -0.1) is 0 Å². The Kier molecular flexibility index (Phi) is 3.90. The molecule has 0 aliphatic carbocycles. The molecule has 3 nitrogen and oxygen atoms in total. The highest BCUT2D eigenvalue weighted by molar-refractivity contribution is 14.1. The molecule has 4 heteroatoms. The van der Waals surface area contributed by atoms with E-state index in [1.807, 2.05) is 0 Å². The summed E-state index contributed by atoms with van der Waals surface area (Å²) in [5.41, 5.74) is 0. The normalized spacial score (nSPS) is 34.2. The Bertz CT molecular complexity index is 89.0. The lowest BCUT2D eigenvalue weighted by Crippen LogP contribution is -2.38. The van der Waals surface area contributed by atoms with Gasteiger partial charge < -0.3 is 14.6 Å². The number of aliphatic hydroxyl groups excluding tert-OH is 1. The molecule has 60 valence electrons. The first-order chi connectivity index (χ1) is 4.86. The van der Waals surface area contributed by atoms with Gasteiger partial charge in [0, 0.05) is 4.43 Å². The molecule has 1 rings (SSSR count). The second kappa shape index (κ2) is 4.48. The number of aliphatic hydroxyl groups is 1. The molecule has 0 aromatic rings. The number of hydrogen-bond donors (Lipinski definition) is 1. The summed E-state index contributed by atoms with van der Waals surface area (Å²) < 4.78 is 11.5. The van der Waals surface area contributed by atoms with Crippen LogP contribution in [0.2, 0.25) is 0 Å². The maximum Gasteiger partial charge on any atom is 0.104 e. The van der Waals surface area contributed by atoms with Crippen molar-refractivity contribution in [2.24, 2.45) is 0 Å². The average molecular weight is 258 g/mol. The Balaban J connectivity index is 2.25. The van der Waals surface area contributed by atoms with Gasteiger partial charge in [-0.1, -0.05) is 22.6 Å². The molecule has 0 radical (unpaired) electrons. The van der Waals surface area contributed by atoms with E-state index in [-0.39, 0.29) is 18.8 Å². The smallest absolute Gasteiger partial charge is 0.104 e. The van der Waals surface area contributed by atoms with Crippen molar-refractivity contribution in [2.75, 3.05) is 24.2 Å². The Morgan fingerprint density at radius 3 is 2.70 bits per heavy atom. The van der Waals surface area contributed by atoms with E-state index < -0.39 is 0 Å². The van der Waals surface area contributed by atoms with Crippen LogP contribution in [0.5, 0.6) is 0 Å². The Morgan fingerprint density at radius 2 is 2.10 bits per heavy atom. The first kappa shape index (κ1) is 8.70. The summed E-state index contributed by atoms with van der Waals surface area (Å²) in [5.74, 6) is 0. The zero-order valence-corrected chi connectivity index (χ0v) is 7.78. The third kappa shape index (κ3) is 2.34. The van der Waals surface area contributed by atoms with E-state index in [0.717, 1.165) is 4.43 Å². The van der Waals surface area contributed by atoms with Crippen molar-refractivity contribution in [3.8, 4) is 0 Å². The van der Waals surface area contributed by atoms with E-state index in [1.165, 1.54) is 0 Å². The van der Waals surface area contributed by atoms with Gasteiger partial charge in [0.25, 0.3) is 0 Å². The SMILES string of the molecule is OC[C@H]1COC[C@@H](CI)O1. The van der Waals surface area contributed by atoms with Gasteiger partial charge in [-0.05, 0) is 0 Å². The fraction of sp³-hybridized carbons (Fsp3) is 1.00. The van der Waals surface area contributed by atoms with Gasteiger partial charge in [0.2, 0.25) is 0 Å². The zero-order valence-electron chi connectivity index (χ0n) is 5.62. The standard InChI is InChI=1S/C6H11IO3/c7-1-5-3-9-4-6(2-8)10-5/h5-6,8H,1-4H2/t5-,6+/m1/s1. The van der Waals surface area contributed by atoms with Crippen molar-refractivity contribution in [2.45, 2.75) is 12.2 Å². The molecule has 2 atom stereocenters. The number of ether oxygens (including phenoxy) is 2. The van der Waals surface area contributed by atoms with Crippen LogP contribution in [-0.2, 0) is 9.47 Å². The monoisotopic (exact) mass is 258 g/mol. The van der Waals surface area contributed by atoms with E-state index >= 15 is 0 Å². The van der Waals surface area contributed by atoms with E-state index in [4.69, 9.17) is 14.6 Å². The molecule has 0 spiro atoms. The number of halogens is 1. The highest BCUT2D eigenvalue weighted by Gasteiger charge is 2.20. The fourth-order valence-electron chi connectivity index (χ4n) is 0.858. The first-order valence-electron chi connectivity index (χ1n) is 3.27. The maximum absolute atomic E-state index is 8.70. The molecule has 0 aromatic carbocycles. The third-order valence-electron chi connectivity index (χ3n) is 1.37. The van der Waals surface area contributed by atoms with Crippen molar-refractivity contribution >= 4 is 22.6 Å². The van der Waals surface area contributed by atoms with Crippen molar-refractivity contribution < 1.29 is 14.6 Å². The minimum Gasteiger partial charge on any atom is -0.394 e. The van der Waals surface area contributed by atoms with Gasteiger partial charge in [0.15, 0.2) is 0 Å². The lowest BCUT2D eigenvalue weighted by molar-refractivity contribution is -0.140. The summed E-state index contributed by atoms with van der Waals surface area (Å²) in [4.78, 5) is 0. The topological polar surface area (TPSA) is 38.7 Å². The fourth-order valence-corrected chi connectivity index (χ4v) is 1.32. The largest absolute Gasteiger partial charge is 0.394 e. The van der Waals surface area contributed by atoms with E-state index in [0.29, 0.717) is 13.2 Å². The van der Waals surface area contributed by atoms with Gasteiger partial charge in [-0.3, -0.25) is 0 Å². The summed E-state index contributed by atoms with van der Waals surface area (Å²) in [6, 6.07) is 0. The molecule has 0 bridgehead atoms. The van der Waals surface area contributed by atoms with Gasteiger partial charge in [0.05, 0.1) is 25.9 Å². The second-order valence-electron chi connectivity index (χ2n) is 2.25. The van der Waals surface area contributed by atoms with Gasteiger partial charge in [0.1, 0.15) is 6.10 Å². The van der Waals surface area contributed by atoms with Crippen LogP contribution in [0, 0.1) is 0 Å². The highest BCUT2D eigenvalue weighted by atomic mass is 127. The summed E-state index contributed by atoms with van der Waals surface area (Å²) in [6.07, 6.45) is 0.0695. The van der Waals surface area contributed by atoms with Crippen LogP contribution in [-0.4, -0.2) is 41.6 Å². The Labute approximate surface area is 73.8 Å². The van der Waals surface area contributed by atoms with Crippen molar-refractivity contribution in [3.05, 3.63) is 0 Å². The summed E-state index contributed by atoms with van der Waals surface area (Å²) >= 11 is 2.25. The first-order valence-corrected chi connectivity index (χ1v) is 4.79. The molecule has 1 fully saturated rings. The molecule has 0 saturated carbocycles. The maximum atomic E-state index is 8.70. The van der Waals surface area contributed by atoms with Crippen LogP contribution < -0.4 is 0 Å². The summed E-state index contributed by atoms with van der Waals surface area (Å²) in [5, 5.41) is 8.70. The Morgan fingerprint density at radius 1 is 1.40 bits per heavy atom. The van der Waals surface area contributed by atoms with Crippen LogP contribution in [0.15, 0.2) is 0 Å². The zero-order chi connectivity index (χ0) is 7.40. The van der Waals surface area contributed by atoms with Crippen molar-refractivity contribution in [1.82, 2.24) is 0 Å². The average Bonchev–Trinajstić information content (AvgIpc) is 2.05. The van der Waals surface area contributed by atoms with Crippen LogP contribution in [0.3, 0.4) is 0 Å². The molecular formula is C6H11IO3. The van der Waals surface area contributed by atoms with Crippen LogP contribution in [0.4, 0.5) is 0 Å². The minimum atomic E-state index is -0.103. The molecule has 0 amide bonds. The number of alkyl halides is 1. The number of hydrogen-bond acceptors (Lipinski definition) is 3. The van der Waals surface area contributed by atoms with Crippen LogP contribution in [0.1, 0.15) is 0 Å². The van der Waals surface area contributed by atoms with Crippen molar-refractivity contribution in [1.29, 1.82) is 0 Å². The molecule has 1 heterocycles. The van der Waals surface area contributed by atoms with Crippen LogP contribution in [0.25, 0.3) is 0 Å².